The maximum Gasteiger partial charge on any atom is 0.169 e. The van der Waals surface area contributed by atoms with Gasteiger partial charge in [0.25, 0.3) is 0 Å². The SMILES string of the molecule is NC(CSc1ncns1)c1ccc2c(c1)OCCO2. The number of benzene rings is 1. The minimum Gasteiger partial charge on any atom is -0.486 e. The fourth-order valence-electron chi connectivity index (χ4n) is 1.77. The second-order valence-electron chi connectivity index (χ2n) is 4.03. The lowest BCUT2D eigenvalue weighted by molar-refractivity contribution is 0.171. The van der Waals surface area contributed by atoms with Crippen LogP contribution in [0.3, 0.4) is 0 Å². The molecule has 2 aromatic rings. The molecule has 0 radical (unpaired) electrons. The van der Waals surface area contributed by atoms with E-state index in [0.717, 1.165) is 27.2 Å². The molecule has 0 saturated carbocycles. The van der Waals surface area contributed by atoms with Crippen molar-refractivity contribution in [2.24, 2.45) is 5.73 Å². The third-order valence-corrected chi connectivity index (χ3v) is 4.64. The number of nitrogens with zero attached hydrogens (tertiary/aromatic N) is 2. The molecule has 7 heteroatoms. The fraction of sp³-hybridized carbons (Fsp3) is 0.333. The van der Waals surface area contributed by atoms with Gasteiger partial charge in [0.1, 0.15) is 19.5 Å². The van der Waals surface area contributed by atoms with E-state index in [4.69, 9.17) is 15.2 Å². The molecule has 100 valence electrons. The topological polar surface area (TPSA) is 70.3 Å². The van der Waals surface area contributed by atoms with Gasteiger partial charge in [0.15, 0.2) is 15.8 Å². The van der Waals surface area contributed by atoms with Gasteiger partial charge in [-0.1, -0.05) is 17.8 Å². The van der Waals surface area contributed by atoms with Crippen LogP contribution >= 0.6 is 23.3 Å². The zero-order chi connectivity index (χ0) is 13.1. The Bertz CT molecular complexity index is 548. The number of hydrogen-bond donors (Lipinski definition) is 1. The Morgan fingerprint density at radius 2 is 2.16 bits per heavy atom. The van der Waals surface area contributed by atoms with Crippen molar-refractivity contribution in [3.05, 3.63) is 30.1 Å². The molecule has 2 N–H and O–H groups in total. The van der Waals surface area contributed by atoms with Crippen LogP contribution < -0.4 is 15.2 Å². The molecule has 0 amide bonds. The van der Waals surface area contributed by atoms with E-state index in [2.05, 4.69) is 9.36 Å². The number of thioether (sulfide) groups is 1. The number of aromatic nitrogens is 2. The first-order chi connectivity index (χ1) is 9.33. The summed E-state index contributed by atoms with van der Waals surface area (Å²) in [6.07, 6.45) is 1.56. The zero-order valence-corrected chi connectivity index (χ0v) is 11.7. The van der Waals surface area contributed by atoms with Crippen LogP contribution in [0.25, 0.3) is 0 Å². The predicted octanol–water partition coefficient (Wildman–Crippen LogP) is 2.10. The highest BCUT2D eigenvalue weighted by molar-refractivity contribution is 8.00. The highest BCUT2D eigenvalue weighted by Gasteiger charge is 2.15. The van der Waals surface area contributed by atoms with E-state index in [0.29, 0.717) is 13.2 Å². The Kier molecular flexibility index (Phi) is 3.86. The predicted molar refractivity (Wildman–Crippen MR) is 75.0 cm³/mol. The average molecular weight is 295 g/mol. The monoisotopic (exact) mass is 295 g/mol. The van der Waals surface area contributed by atoms with E-state index >= 15 is 0 Å². The molecule has 2 heterocycles. The minimum atomic E-state index is -0.0651. The fourth-order valence-corrected chi connectivity index (χ4v) is 3.23. The molecule has 1 unspecified atom stereocenters. The van der Waals surface area contributed by atoms with Crippen molar-refractivity contribution in [2.75, 3.05) is 19.0 Å². The van der Waals surface area contributed by atoms with Crippen molar-refractivity contribution in [1.82, 2.24) is 9.36 Å². The largest absolute Gasteiger partial charge is 0.486 e. The van der Waals surface area contributed by atoms with Crippen molar-refractivity contribution in [3.63, 3.8) is 0 Å². The average Bonchev–Trinajstić information content (AvgIpc) is 2.97. The first-order valence-corrected chi connectivity index (χ1v) is 7.63. The Labute approximate surface area is 119 Å². The van der Waals surface area contributed by atoms with E-state index < -0.39 is 0 Å². The van der Waals surface area contributed by atoms with E-state index in [9.17, 15) is 0 Å². The maximum absolute atomic E-state index is 6.18. The third-order valence-electron chi connectivity index (χ3n) is 2.72. The Balaban J connectivity index is 1.67. The number of fused-ring (bicyclic) bond motifs is 1. The molecule has 5 nitrogen and oxygen atoms in total. The van der Waals surface area contributed by atoms with Crippen LogP contribution in [0.2, 0.25) is 0 Å². The van der Waals surface area contributed by atoms with Crippen LogP contribution in [-0.4, -0.2) is 28.3 Å². The van der Waals surface area contributed by atoms with E-state index in [-0.39, 0.29) is 6.04 Å². The summed E-state index contributed by atoms with van der Waals surface area (Å²) in [6, 6.07) is 5.79. The van der Waals surface area contributed by atoms with Gasteiger partial charge in [0.05, 0.1) is 0 Å². The Morgan fingerprint density at radius 3 is 2.95 bits per heavy atom. The molecular formula is C12H13N3O2S2. The second kappa shape index (κ2) is 5.77. The van der Waals surface area contributed by atoms with Gasteiger partial charge in [-0.2, -0.15) is 4.37 Å². The standard InChI is InChI=1S/C12H13N3O2S2/c13-9(6-18-12-14-7-15-19-12)8-1-2-10-11(5-8)17-4-3-16-10/h1-2,5,7,9H,3-4,6,13H2. The molecule has 1 aliphatic heterocycles. The Hall–Kier alpha value is -1.31. The summed E-state index contributed by atoms with van der Waals surface area (Å²) in [7, 11) is 0. The number of rotatable bonds is 4. The van der Waals surface area contributed by atoms with Crippen LogP contribution in [0.1, 0.15) is 11.6 Å². The molecule has 0 aliphatic carbocycles. The van der Waals surface area contributed by atoms with Crippen LogP contribution in [-0.2, 0) is 0 Å². The van der Waals surface area contributed by atoms with Gasteiger partial charge < -0.3 is 15.2 Å². The van der Waals surface area contributed by atoms with Gasteiger partial charge in [-0.15, -0.1) is 0 Å². The smallest absolute Gasteiger partial charge is 0.169 e. The van der Waals surface area contributed by atoms with Gasteiger partial charge in [0.2, 0.25) is 0 Å². The van der Waals surface area contributed by atoms with Crippen molar-refractivity contribution in [1.29, 1.82) is 0 Å². The Morgan fingerprint density at radius 1 is 1.32 bits per heavy atom. The van der Waals surface area contributed by atoms with E-state index in [1.807, 2.05) is 18.2 Å². The number of hydrogen-bond acceptors (Lipinski definition) is 7. The molecule has 19 heavy (non-hydrogen) atoms. The highest BCUT2D eigenvalue weighted by atomic mass is 32.2. The van der Waals surface area contributed by atoms with Crippen LogP contribution in [0.5, 0.6) is 11.5 Å². The number of ether oxygens (including phenoxy) is 2. The van der Waals surface area contributed by atoms with Gasteiger partial charge in [-0.25, -0.2) is 4.98 Å². The lowest BCUT2D eigenvalue weighted by Crippen LogP contribution is -2.17. The molecular weight excluding hydrogens is 282 g/mol. The zero-order valence-electron chi connectivity index (χ0n) is 10.1. The summed E-state index contributed by atoms with van der Waals surface area (Å²) in [4.78, 5) is 4.12. The first kappa shape index (κ1) is 12.7. The van der Waals surface area contributed by atoms with Crippen molar-refractivity contribution in [2.45, 2.75) is 10.4 Å². The van der Waals surface area contributed by atoms with Crippen LogP contribution in [0, 0.1) is 0 Å². The minimum absolute atomic E-state index is 0.0651. The lowest BCUT2D eigenvalue weighted by atomic mass is 10.1. The summed E-state index contributed by atoms with van der Waals surface area (Å²) < 4.78 is 15.9. The highest BCUT2D eigenvalue weighted by Crippen LogP contribution is 2.33. The van der Waals surface area contributed by atoms with Gasteiger partial charge >= 0.3 is 0 Å². The van der Waals surface area contributed by atoms with Gasteiger partial charge in [-0.05, 0) is 29.2 Å². The maximum atomic E-state index is 6.18. The summed E-state index contributed by atoms with van der Waals surface area (Å²) in [5.74, 6) is 2.33. The van der Waals surface area contributed by atoms with Crippen molar-refractivity contribution in [3.8, 4) is 11.5 Å². The van der Waals surface area contributed by atoms with Crippen LogP contribution in [0.15, 0.2) is 28.9 Å². The van der Waals surface area contributed by atoms with Crippen molar-refractivity contribution < 1.29 is 9.47 Å². The first-order valence-electron chi connectivity index (χ1n) is 5.87. The lowest BCUT2D eigenvalue weighted by Gasteiger charge is -2.20. The van der Waals surface area contributed by atoms with Gasteiger partial charge in [0, 0.05) is 11.8 Å². The second-order valence-corrected chi connectivity index (χ2v) is 6.07. The molecule has 1 aromatic heterocycles. The molecule has 1 aromatic carbocycles. The molecule has 0 fully saturated rings. The quantitative estimate of drug-likeness (QED) is 0.871. The molecule has 1 aliphatic rings. The van der Waals surface area contributed by atoms with Gasteiger partial charge in [-0.3, -0.25) is 0 Å². The van der Waals surface area contributed by atoms with Crippen LogP contribution in [0.4, 0.5) is 0 Å². The summed E-state index contributed by atoms with van der Waals surface area (Å²) >= 11 is 3.00. The molecule has 0 saturated heterocycles. The van der Waals surface area contributed by atoms with Crippen molar-refractivity contribution >= 4 is 23.3 Å². The molecule has 1 atom stereocenters. The summed E-state index contributed by atoms with van der Waals surface area (Å²) in [5.41, 5.74) is 7.23. The van der Waals surface area contributed by atoms with E-state index in [1.165, 1.54) is 11.5 Å². The van der Waals surface area contributed by atoms with E-state index in [1.54, 1.807) is 18.1 Å². The molecule has 0 spiro atoms. The molecule has 3 rings (SSSR count). The normalized spacial score (nSPS) is 15.2. The summed E-state index contributed by atoms with van der Waals surface area (Å²) in [5, 5.41) is 0. The third kappa shape index (κ3) is 2.99. The molecule has 0 bridgehead atoms. The summed E-state index contributed by atoms with van der Waals surface area (Å²) in [6.45, 7) is 1.19. The number of nitrogens with two attached hydrogens (primary N) is 1.